The molecule has 0 unspecified atom stereocenters. The van der Waals surface area contributed by atoms with Gasteiger partial charge in [-0.1, -0.05) is 227 Å². The summed E-state index contributed by atoms with van der Waals surface area (Å²) in [7, 11) is -7.50. The van der Waals surface area contributed by atoms with Crippen molar-refractivity contribution in [2.75, 3.05) is 0 Å². The maximum Gasteiger partial charge on any atom is 1.00 e. The summed E-state index contributed by atoms with van der Waals surface area (Å²) in [5.41, 5.74) is 0. The molecule has 0 radical (unpaired) electrons. The molecule has 0 aliphatic heterocycles. The van der Waals surface area contributed by atoms with E-state index in [0.717, 1.165) is 0 Å². The van der Waals surface area contributed by atoms with E-state index >= 15 is 0 Å². The van der Waals surface area contributed by atoms with Crippen molar-refractivity contribution in [1.82, 2.24) is 0 Å². The zero-order chi connectivity index (χ0) is 29.0. The van der Waals surface area contributed by atoms with Gasteiger partial charge in [-0.15, -0.1) is 0 Å². The van der Waals surface area contributed by atoms with Gasteiger partial charge in [0.05, 0.1) is 0 Å². The van der Waals surface area contributed by atoms with E-state index in [1.54, 1.807) is 20.7 Å². The van der Waals surface area contributed by atoms with Crippen LogP contribution in [0.1, 0.15) is 12.8 Å². The van der Waals surface area contributed by atoms with E-state index < -0.39 is 32.3 Å². The van der Waals surface area contributed by atoms with Gasteiger partial charge in [0.2, 0.25) is 0 Å². The molecule has 0 fully saturated rings. The van der Waals surface area contributed by atoms with Gasteiger partial charge >= 0.3 is 103 Å². The summed E-state index contributed by atoms with van der Waals surface area (Å²) in [5.74, 6) is 0. The molecular formula is C36H48K2Si4. The Morgan fingerprint density at radius 1 is 0.333 bits per heavy atom. The second-order valence-electron chi connectivity index (χ2n) is 13.4. The van der Waals surface area contributed by atoms with E-state index in [1.165, 1.54) is 12.8 Å². The third-order valence-corrected chi connectivity index (χ3v) is 31.3. The summed E-state index contributed by atoms with van der Waals surface area (Å²) < 4.78 is 0. The van der Waals surface area contributed by atoms with Crippen molar-refractivity contribution < 1.29 is 103 Å². The SMILES string of the molecule is C[Si](C)(c1ccccc1)[C-](CC[C-]([Si](C)(C)c1ccccc1)[Si](C)(C)c1ccccc1)[Si](C)(C)c1ccccc1.[K+].[K+]. The smallest absolute Gasteiger partial charge is 0.306 e. The Morgan fingerprint density at radius 2 is 0.500 bits per heavy atom. The van der Waals surface area contributed by atoms with Crippen molar-refractivity contribution in [2.45, 2.75) is 65.2 Å². The number of rotatable bonds is 11. The maximum absolute atomic E-state index is 2.62. The Kier molecular flexibility index (Phi) is 15.6. The van der Waals surface area contributed by atoms with Gasteiger partial charge in [-0.05, 0) is 0 Å². The van der Waals surface area contributed by atoms with Crippen LogP contribution in [0.5, 0.6) is 0 Å². The maximum atomic E-state index is 2.62. The molecule has 0 aromatic heterocycles. The molecule has 0 amide bonds. The molecule has 0 atom stereocenters. The van der Waals surface area contributed by atoms with E-state index in [1.807, 2.05) is 10.3 Å². The van der Waals surface area contributed by atoms with Crippen LogP contribution in [0.2, 0.25) is 52.4 Å². The Balaban J connectivity index is 0.00000308. The molecule has 4 rings (SSSR count). The molecular weight excluding hydrogens is 623 g/mol. The molecule has 0 spiro atoms. The van der Waals surface area contributed by atoms with Gasteiger partial charge in [-0.3, -0.25) is 0 Å². The molecule has 0 nitrogen and oxygen atoms in total. The molecule has 0 aliphatic rings. The summed E-state index contributed by atoms with van der Waals surface area (Å²) in [6.07, 6.45) is 2.42. The summed E-state index contributed by atoms with van der Waals surface area (Å²) in [6.45, 7) is 21.0. The zero-order valence-electron chi connectivity index (χ0n) is 28.0. The van der Waals surface area contributed by atoms with Crippen molar-refractivity contribution in [3.8, 4) is 0 Å². The average molecular weight is 671 g/mol. The quantitative estimate of drug-likeness (QED) is 0.168. The van der Waals surface area contributed by atoms with Crippen LogP contribution in [0.25, 0.3) is 0 Å². The fraction of sp³-hybridized carbons (Fsp3) is 0.278. The fourth-order valence-electron chi connectivity index (χ4n) is 7.18. The van der Waals surface area contributed by atoms with Gasteiger partial charge < -0.3 is 10.3 Å². The van der Waals surface area contributed by atoms with E-state index in [4.69, 9.17) is 0 Å². The normalized spacial score (nSPS) is 12.5. The topological polar surface area (TPSA) is 0 Å². The first-order valence-electron chi connectivity index (χ1n) is 14.8. The van der Waals surface area contributed by atoms with Crippen LogP contribution in [0.4, 0.5) is 0 Å². The van der Waals surface area contributed by atoms with E-state index in [9.17, 15) is 0 Å². The molecule has 0 saturated heterocycles. The Bertz CT molecular complexity index is 1130. The first-order chi connectivity index (χ1) is 18.9. The Labute approximate surface area is 346 Å². The minimum Gasteiger partial charge on any atom is -0.306 e. The molecule has 0 heterocycles. The molecule has 4 aromatic rings. The molecule has 42 heavy (non-hydrogen) atoms. The van der Waals surface area contributed by atoms with Crippen molar-refractivity contribution in [3.05, 3.63) is 132 Å². The van der Waals surface area contributed by atoms with Gasteiger partial charge in [0.15, 0.2) is 0 Å². The van der Waals surface area contributed by atoms with E-state index in [2.05, 4.69) is 174 Å². The van der Waals surface area contributed by atoms with E-state index in [0.29, 0.717) is 0 Å². The minimum absolute atomic E-state index is 0. The standard InChI is InChI=1S/C36H48Si4.2K/c1-37(2,31-21-13-9-14-22-31)35(38(3,4)32-23-15-10-16-24-32)29-30-36(39(5,6)33-25-17-11-18-26-33)40(7,8)34-27-19-12-20-28-34;;/h9-28H,29-30H2,1-8H3;;/q-2;2*+1. The third-order valence-electron chi connectivity index (χ3n) is 9.62. The molecule has 6 heteroatoms. The summed E-state index contributed by atoms with van der Waals surface area (Å²) >= 11 is 0. The fourth-order valence-corrected chi connectivity index (χ4v) is 29.9. The monoisotopic (exact) mass is 670 g/mol. The van der Waals surface area contributed by atoms with Crippen LogP contribution in [-0.4, -0.2) is 32.3 Å². The van der Waals surface area contributed by atoms with Gasteiger partial charge in [-0.2, -0.15) is 0 Å². The summed E-state index contributed by atoms with van der Waals surface area (Å²) in [5, 5.41) is 10.1. The van der Waals surface area contributed by atoms with Gasteiger partial charge in [0.25, 0.3) is 0 Å². The molecule has 0 saturated carbocycles. The van der Waals surface area contributed by atoms with Crippen LogP contribution >= 0.6 is 0 Å². The predicted molar refractivity (Wildman–Crippen MR) is 190 cm³/mol. The number of hydrogen-bond acceptors (Lipinski definition) is 0. The minimum atomic E-state index is -1.87. The number of benzene rings is 4. The average Bonchev–Trinajstić information content (AvgIpc) is 2.96. The van der Waals surface area contributed by atoms with Crippen molar-refractivity contribution >= 4 is 53.0 Å². The number of hydrogen-bond donors (Lipinski definition) is 0. The molecule has 210 valence electrons. The van der Waals surface area contributed by atoms with Crippen molar-refractivity contribution in [3.63, 3.8) is 0 Å². The zero-order valence-corrected chi connectivity index (χ0v) is 38.2. The van der Waals surface area contributed by atoms with Crippen LogP contribution < -0.4 is 124 Å². The van der Waals surface area contributed by atoms with Gasteiger partial charge in [0.1, 0.15) is 0 Å². The first kappa shape index (κ1) is 39.2. The van der Waals surface area contributed by atoms with Crippen LogP contribution in [0.15, 0.2) is 121 Å². The third kappa shape index (κ3) is 8.88. The Hall–Kier alpha value is 1.02. The molecule has 0 N–H and O–H groups in total. The summed E-state index contributed by atoms with van der Waals surface area (Å²) in [4.78, 5) is 0. The van der Waals surface area contributed by atoms with Crippen LogP contribution in [0.3, 0.4) is 0 Å². The Morgan fingerprint density at radius 3 is 0.667 bits per heavy atom. The summed E-state index contributed by atoms with van der Waals surface area (Å²) in [6, 6.07) is 45.8. The van der Waals surface area contributed by atoms with Crippen molar-refractivity contribution in [2.24, 2.45) is 0 Å². The van der Waals surface area contributed by atoms with Gasteiger partial charge in [0, 0.05) is 0 Å². The molecule has 4 aromatic carbocycles. The van der Waals surface area contributed by atoms with Gasteiger partial charge in [-0.25, -0.2) is 12.8 Å². The second-order valence-corrected chi connectivity index (χ2v) is 32.1. The van der Waals surface area contributed by atoms with Crippen molar-refractivity contribution in [1.29, 1.82) is 0 Å². The molecule has 0 aliphatic carbocycles. The van der Waals surface area contributed by atoms with E-state index in [-0.39, 0.29) is 103 Å². The van der Waals surface area contributed by atoms with Crippen LogP contribution in [-0.2, 0) is 0 Å². The largest absolute Gasteiger partial charge is 1.00 e. The second kappa shape index (κ2) is 16.7. The molecule has 0 bridgehead atoms. The van der Waals surface area contributed by atoms with Crippen LogP contribution in [0, 0.1) is 10.3 Å². The first-order valence-corrected chi connectivity index (χ1v) is 26.8. The predicted octanol–water partition coefficient (Wildman–Crippen LogP) is 1.54.